The third kappa shape index (κ3) is 9.90. The highest BCUT2D eigenvalue weighted by Gasteiger charge is 2.42. The summed E-state index contributed by atoms with van der Waals surface area (Å²) < 4.78 is 0. The molecule has 0 aliphatic heterocycles. The summed E-state index contributed by atoms with van der Waals surface area (Å²) in [7, 11) is 127. The van der Waals surface area contributed by atoms with Crippen LogP contribution in [-0.4, -0.2) is 231 Å². The van der Waals surface area contributed by atoms with Crippen molar-refractivity contribution in [2.45, 2.75) is 83.1 Å². The minimum absolute atomic E-state index is 0.0903. The van der Waals surface area contributed by atoms with Crippen LogP contribution in [0.25, 0.3) is 54.6 Å². The van der Waals surface area contributed by atoms with Crippen LogP contribution in [0, 0.1) is 83.1 Å². The first-order valence-electron chi connectivity index (χ1n) is 25.2. The lowest BCUT2D eigenvalue weighted by atomic mass is 8.66. The van der Waals surface area contributed by atoms with Crippen LogP contribution >= 0.6 is 0 Å². The van der Waals surface area contributed by atoms with Crippen LogP contribution in [0.2, 0.25) is 0 Å². The van der Waals surface area contributed by atoms with Crippen molar-refractivity contribution >= 4 is 302 Å². The zero-order valence-corrected chi connectivity index (χ0v) is 45.6. The highest BCUT2D eigenvalue weighted by molar-refractivity contribution is 7.89. The topological polar surface area (TPSA) is 0 Å². The van der Waals surface area contributed by atoms with Crippen LogP contribution in [0.4, 0.5) is 0 Å². The number of fused-ring (bicyclic) bond motifs is 3. The third-order valence-corrected chi connectivity index (χ3v) is 17.2. The lowest BCUT2D eigenvalue weighted by Crippen LogP contribution is -2.80. The zero-order chi connectivity index (χ0) is 55.9. The third-order valence-electron chi connectivity index (χ3n) is 17.2. The Bertz CT molecular complexity index is 3160. The zero-order valence-electron chi connectivity index (χ0n) is 45.6. The van der Waals surface area contributed by atoms with Gasteiger partial charge in [0, 0.05) is 184 Å². The van der Waals surface area contributed by atoms with Gasteiger partial charge in [0.15, 0.2) is 0 Å². The standard InChI is InChI=1S/C42H37B32/c1-14-15(2)21(8)29(22(9)16(14)3)32-24(11)17(4)19(6)26-13-27-28(25(12)31(26)32)20(7)18(5)23(10)30(27)33-34-35(36(43)37(61-44)38(33)64(47)48)40(68(73(58)59)74(60)63-46)42(67(71(54)55)72(56)57)41(66(62-45)70(52)53)39(34)65(49)69(50)51/h13H,1-12H3. The van der Waals surface area contributed by atoms with Crippen LogP contribution in [0.5, 0.6) is 0 Å². The second kappa shape index (κ2) is 23.5. The van der Waals surface area contributed by atoms with Crippen LogP contribution in [0.3, 0.4) is 0 Å². The van der Waals surface area contributed by atoms with Gasteiger partial charge in [-0.15, -0.1) is 16.4 Å². The fourth-order valence-electron chi connectivity index (χ4n) is 12.5. The van der Waals surface area contributed by atoms with Gasteiger partial charge in [-0.3, -0.25) is 0 Å². The molecule has 0 atom stereocenters. The van der Waals surface area contributed by atoms with Gasteiger partial charge in [0.05, 0.1) is 39.6 Å². The van der Waals surface area contributed by atoms with E-state index in [-0.39, 0.29) is 10.9 Å². The van der Waals surface area contributed by atoms with E-state index in [1.54, 1.807) is 0 Å². The van der Waals surface area contributed by atoms with E-state index in [9.17, 15) is 0 Å². The molecule has 6 aromatic carbocycles. The highest BCUT2D eigenvalue weighted by atomic mass is 14.3. The van der Waals surface area contributed by atoms with E-state index in [4.69, 9.17) is 139 Å². The summed E-state index contributed by atoms with van der Waals surface area (Å²) in [6.45, 7) is 20.4. The summed E-state index contributed by atoms with van der Waals surface area (Å²) in [4.78, 5) is 0. The molecular weight excluding hydrogens is 850 g/mol. The Morgan fingerprint density at radius 2 is 0.824 bits per heavy atom. The molecule has 301 valence electrons. The molecule has 6 aromatic rings. The van der Waals surface area contributed by atoms with Gasteiger partial charge in [-0.05, 0) is 210 Å². The normalized spacial score (nSPS) is 11.1. The predicted molar refractivity (Wildman–Crippen MR) is 368 cm³/mol. The van der Waals surface area contributed by atoms with E-state index in [0.29, 0.717) is 43.6 Å². The van der Waals surface area contributed by atoms with E-state index >= 15 is 0 Å². The fourth-order valence-corrected chi connectivity index (χ4v) is 12.5. The Balaban J connectivity index is 2.18. The molecule has 6 rings (SSSR count). The van der Waals surface area contributed by atoms with Crippen LogP contribution in [0.15, 0.2) is 6.07 Å². The van der Waals surface area contributed by atoms with Gasteiger partial charge in [0.2, 0.25) is 0 Å². The molecule has 0 saturated carbocycles. The molecule has 39 radical (unpaired) electrons. The second-order valence-electron chi connectivity index (χ2n) is 21.0. The van der Waals surface area contributed by atoms with Gasteiger partial charge < -0.3 is 0 Å². The number of benzene rings is 6. The van der Waals surface area contributed by atoms with E-state index in [0.717, 1.165) is 54.9 Å². The summed E-state index contributed by atoms with van der Waals surface area (Å²) >= 11 is 0. The largest absolute Gasteiger partial charge is 0.113 e. The highest BCUT2D eigenvalue weighted by Crippen LogP contribution is 2.48. The minimum Gasteiger partial charge on any atom is -0.113 e. The van der Waals surface area contributed by atoms with Crippen LogP contribution in [-0.2, 0) is 0 Å². The summed E-state index contributed by atoms with van der Waals surface area (Å²) in [6, 6.07) is 2.28. The second-order valence-corrected chi connectivity index (χ2v) is 21.0. The molecule has 0 spiro atoms. The van der Waals surface area contributed by atoms with E-state index in [1.165, 1.54) is 71.4 Å². The Morgan fingerprint density at radius 3 is 1.27 bits per heavy atom. The molecule has 0 heterocycles. The lowest BCUT2D eigenvalue weighted by molar-refractivity contribution is 1.17. The first kappa shape index (κ1) is 61.4. The Labute approximate surface area is 476 Å². The van der Waals surface area contributed by atoms with Crippen molar-refractivity contribution in [3.05, 3.63) is 72.8 Å². The van der Waals surface area contributed by atoms with Crippen LogP contribution < -0.4 is 38.2 Å². The first-order valence-corrected chi connectivity index (χ1v) is 25.2. The summed E-state index contributed by atoms with van der Waals surface area (Å²) in [6.07, 6.45) is -7.30. The molecule has 74 heavy (non-hydrogen) atoms. The SMILES string of the molecule is [B][B]B([B])B(B([B])[B])c1c(B(B([B])[B])B([B])[B])c(B([B][B])B([B])[B])c(B([B])B([B])[B])c2c(-c3c(C)c(C)c(C)c4c(C)c5c(-c6c(C)c(C)c(C)c(C)c6C)c(C)c(C)c(C)c5cc34)c(B([B])[B])c([B][B])c([B])c12. The molecule has 0 aromatic heterocycles. The maximum absolute atomic E-state index is 7.56. The van der Waals surface area contributed by atoms with E-state index in [1.807, 2.05) is 0 Å². The van der Waals surface area contributed by atoms with E-state index < -0.39 is 70.8 Å². The van der Waals surface area contributed by atoms with Gasteiger partial charge in [0.25, 0.3) is 0 Å². The van der Waals surface area contributed by atoms with Crippen molar-refractivity contribution in [2.75, 3.05) is 0 Å². The molecular formula is C42H37B32. The monoisotopic (exact) mass is 894 g/mol. The average Bonchev–Trinajstić information content (AvgIpc) is 3.32. The molecule has 0 fully saturated rings. The van der Waals surface area contributed by atoms with Crippen molar-refractivity contribution in [3.63, 3.8) is 0 Å². The number of rotatable bonds is 16. The molecule has 32 heteroatoms. The number of hydrogen-bond donors (Lipinski definition) is 0. The molecule has 0 aliphatic carbocycles. The smallest absolute Gasteiger partial charge is 0.113 e. The van der Waals surface area contributed by atoms with Crippen molar-refractivity contribution in [2.24, 2.45) is 0 Å². The maximum atomic E-state index is 7.56. The molecule has 0 nitrogen and oxygen atoms in total. The number of aryl methyl sites for hydroxylation is 3. The van der Waals surface area contributed by atoms with Crippen molar-refractivity contribution in [1.82, 2.24) is 0 Å². The fraction of sp³-hybridized carbons (Fsp3) is 0.286. The first-order chi connectivity index (χ1) is 34.4. The summed E-state index contributed by atoms with van der Waals surface area (Å²) in [5.41, 5.74) is 19.4. The van der Waals surface area contributed by atoms with Crippen molar-refractivity contribution in [3.8, 4) is 22.3 Å². The van der Waals surface area contributed by atoms with Gasteiger partial charge in [-0.25, -0.2) is 0 Å². The van der Waals surface area contributed by atoms with Gasteiger partial charge in [-0.1, -0.05) is 21.9 Å². The summed E-state index contributed by atoms with van der Waals surface area (Å²) in [5.74, 6) is 0. The Hall–Kier alpha value is -1.82. The molecule has 0 bridgehead atoms. The van der Waals surface area contributed by atoms with Crippen LogP contribution in [0.1, 0.15) is 66.8 Å². The van der Waals surface area contributed by atoms with Gasteiger partial charge >= 0.3 is 0 Å². The van der Waals surface area contributed by atoms with Crippen molar-refractivity contribution < 1.29 is 0 Å². The average molecular weight is 888 g/mol. The maximum Gasteiger partial charge on any atom is 0.113 e. The summed E-state index contributed by atoms with van der Waals surface area (Å²) in [5, 5.41) is 4.79. The number of hydrogen-bond acceptors (Lipinski definition) is 0. The molecule has 0 amide bonds. The van der Waals surface area contributed by atoms with Gasteiger partial charge in [-0.2, -0.15) is 0 Å². The lowest BCUT2D eigenvalue weighted by Gasteiger charge is -2.42. The molecule has 0 saturated heterocycles. The Morgan fingerprint density at radius 1 is 0.351 bits per heavy atom. The molecule has 0 N–H and O–H groups in total. The minimum atomic E-state index is -1.26. The predicted octanol–water partition coefficient (Wildman–Crippen LogP) is -5.78. The molecule has 0 aliphatic rings. The van der Waals surface area contributed by atoms with E-state index in [2.05, 4.69) is 89.2 Å². The quantitative estimate of drug-likeness (QED) is 0.0673. The van der Waals surface area contributed by atoms with Crippen molar-refractivity contribution in [1.29, 1.82) is 0 Å². The van der Waals surface area contributed by atoms with Gasteiger partial charge in [0.1, 0.15) is 7.85 Å². The molecule has 0 unspecified atom stereocenters. The Kier molecular flexibility index (Phi) is 19.5.